The number of fused-ring (bicyclic) bond motifs is 1. The molecular formula is C27H21FN4O3. The second-order valence-electron chi connectivity index (χ2n) is 8.46. The Bertz CT molecular complexity index is 1540. The molecule has 3 amide bonds. The number of hydrogen-bond acceptors (Lipinski definition) is 4. The van der Waals surface area contributed by atoms with Crippen LogP contribution in [-0.2, 0) is 0 Å². The van der Waals surface area contributed by atoms with E-state index in [1.807, 2.05) is 26.0 Å². The van der Waals surface area contributed by atoms with E-state index in [1.54, 1.807) is 42.1 Å². The Labute approximate surface area is 200 Å². The molecule has 0 saturated heterocycles. The molecule has 0 spiro atoms. The number of aromatic nitrogens is 2. The van der Waals surface area contributed by atoms with Gasteiger partial charge in [-0.15, -0.1) is 0 Å². The monoisotopic (exact) mass is 468 g/mol. The third-order valence-corrected chi connectivity index (χ3v) is 6.05. The van der Waals surface area contributed by atoms with Gasteiger partial charge >= 0.3 is 0 Å². The van der Waals surface area contributed by atoms with Gasteiger partial charge in [-0.2, -0.15) is 0 Å². The van der Waals surface area contributed by atoms with Crippen LogP contribution < -0.4 is 10.2 Å². The SMILES string of the molecule is Cc1ccc(C)c(N2C(=O)c3ccc(C(=O)Nc4ccc(-n5ccnc5C)c(F)c4)cc3C2=O)c1. The van der Waals surface area contributed by atoms with Crippen molar-refractivity contribution >= 4 is 29.1 Å². The molecule has 1 aliphatic rings. The Hall–Kier alpha value is -4.59. The van der Waals surface area contributed by atoms with E-state index in [-0.39, 0.29) is 22.4 Å². The summed E-state index contributed by atoms with van der Waals surface area (Å²) in [5.41, 5.74) is 3.37. The summed E-state index contributed by atoms with van der Waals surface area (Å²) in [5, 5.41) is 2.65. The largest absolute Gasteiger partial charge is 0.322 e. The summed E-state index contributed by atoms with van der Waals surface area (Å²) < 4.78 is 16.3. The van der Waals surface area contributed by atoms with Gasteiger partial charge in [0.05, 0.1) is 22.5 Å². The van der Waals surface area contributed by atoms with Crippen molar-refractivity contribution < 1.29 is 18.8 Å². The van der Waals surface area contributed by atoms with Gasteiger partial charge in [0.1, 0.15) is 11.6 Å². The Morgan fingerprint density at radius 1 is 0.886 bits per heavy atom. The Balaban J connectivity index is 1.40. The van der Waals surface area contributed by atoms with E-state index in [2.05, 4.69) is 10.3 Å². The fraction of sp³-hybridized carbons (Fsp3) is 0.111. The van der Waals surface area contributed by atoms with Gasteiger partial charge in [-0.1, -0.05) is 12.1 Å². The topological polar surface area (TPSA) is 84.3 Å². The number of imidazole rings is 1. The molecule has 5 rings (SSSR count). The van der Waals surface area contributed by atoms with Crippen molar-refractivity contribution in [2.45, 2.75) is 20.8 Å². The predicted molar refractivity (Wildman–Crippen MR) is 130 cm³/mol. The second-order valence-corrected chi connectivity index (χ2v) is 8.46. The zero-order chi connectivity index (χ0) is 24.9. The summed E-state index contributed by atoms with van der Waals surface area (Å²) in [6.45, 7) is 5.47. The highest BCUT2D eigenvalue weighted by molar-refractivity contribution is 6.35. The van der Waals surface area contributed by atoms with Gasteiger partial charge in [-0.25, -0.2) is 14.3 Å². The molecule has 0 unspecified atom stereocenters. The molecule has 174 valence electrons. The minimum Gasteiger partial charge on any atom is -0.322 e. The van der Waals surface area contributed by atoms with Gasteiger partial charge < -0.3 is 9.88 Å². The van der Waals surface area contributed by atoms with E-state index in [4.69, 9.17) is 0 Å². The lowest BCUT2D eigenvalue weighted by molar-refractivity contribution is 0.0925. The lowest BCUT2D eigenvalue weighted by atomic mass is 10.1. The number of nitrogens with zero attached hydrogens (tertiary/aromatic N) is 3. The summed E-state index contributed by atoms with van der Waals surface area (Å²) in [5.74, 6) is -1.34. The summed E-state index contributed by atoms with van der Waals surface area (Å²) in [6, 6.07) is 14.2. The summed E-state index contributed by atoms with van der Waals surface area (Å²) in [7, 11) is 0. The summed E-state index contributed by atoms with van der Waals surface area (Å²) >= 11 is 0. The van der Waals surface area contributed by atoms with E-state index in [1.165, 1.54) is 24.3 Å². The quantitative estimate of drug-likeness (QED) is 0.428. The van der Waals surface area contributed by atoms with Crippen LogP contribution in [0, 0.1) is 26.6 Å². The molecule has 35 heavy (non-hydrogen) atoms. The first kappa shape index (κ1) is 22.2. The van der Waals surface area contributed by atoms with Crippen molar-refractivity contribution in [3.63, 3.8) is 0 Å². The smallest absolute Gasteiger partial charge is 0.266 e. The number of amides is 3. The van der Waals surface area contributed by atoms with Crippen LogP contribution in [0.4, 0.5) is 15.8 Å². The first-order chi connectivity index (χ1) is 16.7. The maximum absolute atomic E-state index is 14.7. The zero-order valence-corrected chi connectivity index (χ0v) is 19.3. The van der Waals surface area contributed by atoms with Gasteiger partial charge in [0, 0.05) is 23.6 Å². The van der Waals surface area contributed by atoms with Crippen molar-refractivity contribution in [2.75, 3.05) is 10.2 Å². The molecule has 1 aliphatic heterocycles. The van der Waals surface area contributed by atoms with Crippen molar-refractivity contribution in [3.8, 4) is 5.69 Å². The molecule has 7 nitrogen and oxygen atoms in total. The first-order valence-electron chi connectivity index (χ1n) is 11.0. The van der Waals surface area contributed by atoms with Gasteiger partial charge in [0.15, 0.2) is 0 Å². The fourth-order valence-corrected chi connectivity index (χ4v) is 4.18. The lowest BCUT2D eigenvalue weighted by Gasteiger charge is -2.17. The van der Waals surface area contributed by atoms with Crippen LogP contribution in [0.1, 0.15) is 48.0 Å². The van der Waals surface area contributed by atoms with E-state index >= 15 is 0 Å². The van der Waals surface area contributed by atoms with Gasteiger partial charge in [-0.3, -0.25) is 14.4 Å². The van der Waals surface area contributed by atoms with E-state index < -0.39 is 23.5 Å². The molecule has 2 heterocycles. The van der Waals surface area contributed by atoms with Crippen LogP contribution in [-0.4, -0.2) is 27.3 Å². The van der Waals surface area contributed by atoms with Gasteiger partial charge in [0.25, 0.3) is 17.7 Å². The molecule has 1 aromatic heterocycles. The minimum atomic E-state index is -0.525. The third kappa shape index (κ3) is 3.78. The van der Waals surface area contributed by atoms with Crippen molar-refractivity contribution in [1.82, 2.24) is 9.55 Å². The molecule has 1 N–H and O–H groups in total. The molecule has 0 fully saturated rings. The van der Waals surface area contributed by atoms with Crippen LogP contribution in [0.3, 0.4) is 0 Å². The van der Waals surface area contributed by atoms with Crippen LogP contribution in [0.25, 0.3) is 5.69 Å². The number of hydrogen-bond donors (Lipinski definition) is 1. The minimum absolute atomic E-state index is 0.153. The number of rotatable bonds is 4. The third-order valence-electron chi connectivity index (χ3n) is 6.05. The van der Waals surface area contributed by atoms with Crippen molar-refractivity contribution in [1.29, 1.82) is 0 Å². The summed E-state index contributed by atoms with van der Waals surface area (Å²) in [4.78, 5) is 44.2. The number of carbonyl (C=O) groups excluding carboxylic acids is 3. The van der Waals surface area contributed by atoms with Crippen molar-refractivity contribution in [2.24, 2.45) is 0 Å². The molecule has 8 heteroatoms. The van der Waals surface area contributed by atoms with Crippen LogP contribution >= 0.6 is 0 Å². The second kappa shape index (κ2) is 8.32. The molecule has 0 atom stereocenters. The highest BCUT2D eigenvalue weighted by Crippen LogP contribution is 2.32. The van der Waals surface area contributed by atoms with E-state index in [9.17, 15) is 18.8 Å². The molecule has 4 aromatic rings. The lowest BCUT2D eigenvalue weighted by Crippen LogP contribution is -2.30. The van der Waals surface area contributed by atoms with E-state index in [0.29, 0.717) is 17.2 Å². The predicted octanol–water partition coefficient (Wildman–Crippen LogP) is 4.99. The van der Waals surface area contributed by atoms with Crippen molar-refractivity contribution in [3.05, 3.63) is 106 Å². The number of imide groups is 1. The highest BCUT2D eigenvalue weighted by atomic mass is 19.1. The normalized spacial score (nSPS) is 12.7. The molecule has 0 radical (unpaired) electrons. The highest BCUT2D eigenvalue weighted by Gasteiger charge is 2.37. The number of benzene rings is 3. The number of nitrogens with one attached hydrogen (secondary N) is 1. The number of halogens is 1. The average Bonchev–Trinajstić information content (AvgIpc) is 3.36. The number of anilines is 2. The molecular weight excluding hydrogens is 447 g/mol. The molecule has 3 aromatic carbocycles. The molecule has 0 bridgehead atoms. The zero-order valence-electron chi connectivity index (χ0n) is 19.3. The number of carbonyl (C=O) groups is 3. The van der Waals surface area contributed by atoms with Crippen LogP contribution in [0.15, 0.2) is 67.0 Å². The van der Waals surface area contributed by atoms with Gasteiger partial charge in [-0.05, 0) is 74.4 Å². The fourth-order valence-electron chi connectivity index (χ4n) is 4.18. The maximum Gasteiger partial charge on any atom is 0.266 e. The standard InChI is InChI=1S/C27H21FN4O3/c1-15-4-5-16(2)24(12-15)32-26(34)20-8-6-18(13-21(20)27(32)35)25(33)30-19-7-9-23(22(28)14-19)31-11-10-29-17(31)3/h4-14H,1-3H3,(H,30,33). The van der Waals surface area contributed by atoms with Gasteiger partial charge in [0.2, 0.25) is 0 Å². The Kier molecular flexibility index (Phi) is 5.28. The maximum atomic E-state index is 14.7. The van der Waals surface area contributed by atoms with Crippen LogP contribution in [0.2, 0.25) is 0 Å². The first-order valence-corrected chi connectivity index (χ1v) is 11.0. The summed E-state index contributed by atoms with van der Waals surface area (Å²) in [6.07, 6.45) is 3.22. The molecule has 0 aliphatic carbocycles. The van der Waals surface area contributed by atoms with Crippen LogP contribution in [0.5, 0.6) is 0 Å². The molecule has 0 saturated carbocycles. The average molecular weight is 468 g/mol. The van der Waals surface area contributed by atoms with E-state index in [0.717, 1.165) is 16.0 Å². The number of aryl methyl sites for hydroxylation is 3. The Morgan fingerprint density at radius 2 is 1.66 bits per heavy atom. The Morgan fingerprint density at radius 3 is 2.37 bits per heavy atom.